The lowest BCUT2D eigenvalue weighted by atomic mass is 9.93. The first-order valence-electron chi connectivity index (χ1n) is 4.89. The summed E-state index contributed by atoms with van der Waals surface area (Å²) in [6, 6.07) is 0. The van der Waals surface area contributed by atoms with Gasteiger partial charge in [-0.15, -0.1) is 0 Å². The van der Waals surface area contributed by atoms with Gasteiger partial charge in [-0.3, -0.25) is 0 Å². The third-order valence-corrected chi connectivity index (χ3v) is 4.90. The standard InChI is InChI=1S/C8H3Br2F13/c9-1-2(10)3(11,12)4(13,14)5(15,16)6(17,18)7(19,20)8(21,22)23/h2H,1H2. The molecule has 0 amide bonds. The zero-order chi connectivity index (χ0) is 19.3. The molecule has 140 valence electrons. The monoisotopic (exact) mass is 504 g/mol. The molecule has 0 aromatic carbocycles. The maximum atomic E-state index is 13.1. The van der Waals surface area contributed by atoms with Crippen LogP contribution in [-0.2, 0) is 0 Å². The average molecular weight is 506 g/mol. The average Bonchev–Trinajstić information content (AvgIpc) is 2.35. The van der Waals surface area contributed by atoms with Gasteiger partial charge < -0.3 is 0 Å². The van der Waals surface area contributed by atoms with Crippen LogP contribution in [0.4, 0.5) is 57.1 Å². The Labute approximate surface area is 135 Å². The van der Waals surface area contributed by atoms with Crippen molar-refractivity contribution < 1.29 is 57.1 Å². The van der Waals surface area contributed by atoms with Crippen LogP contribution in [0.2, 0.25) is 0 Å². The molecule has 15 heteroatoms. The summed E-state index contributed by atoms with van der Waals surface area (Å²) in [4.78, 5) is -2.98. The maximum Gasteiger partial charge on any atom is 0.460 e. The number of halogens is 15. The smallest absolute Gasteiger partial charge is 0.198 e. The van der Waals surface area contributed by atoms with E-state index in [2.05, 4.69) is 15.9 Å². The second-order valence-corrected chi connectivity index (χ2v) is 5.79. The van der Waals surface area contributed by atoms with Crippen LogP contribution in [0.15, 0.2) is 0 Å². The molecule has 1 atom stereocenters. The van der Waals surface area contributed by atoms with Crippen molar-refractivity contribution in [2.24, 2.45) is 0 Å². The Morgan fingerprint density at radius 1 is 0.565 bits per heavy atom. The van der Waals surface area contributed by atoms with E-state index in [1.165, 1.54) is 0 Å². The predicted octanol–water partition coefficient (Wildman–Crippen LogP) is 5.88. The summed E-state index contributed by atoms with van der Waals surface area (Å²) >= 11 is 3.83. The molecule has 0 fully saturated rings. The minimum atomic E-state index is -7.86. The van der Waals surface area contributed by atoms with Crippen LogP contribution in [-0.4, -0.2) is 45.9 Å². The van der Waals surface area contributed by atoms with Crippen LogP contribution >= 0.6 is 31.9 Å². The lowest BCUT2D eigenvalue weighted by Crippen LogP contribution is -2.71. The molecule has 0 aliphatic carbocycles. The highest BCUT2D eigenvalue weighted by Gasteiger charge is 2.91. The molecule has 0 rings (SSSR count). The number of rotatable bonds is 6. The van der Waals surface area contributed by atoms with Crippen LogP contribution < -0.4 is 0 Å². The SMILES string of the molecule is FC(F)(F)C(F)(F)C(F)(F)C(F)(F)C(F)(F)C(F)(F)C(Br)CBr. The Hall–Kier alpha value is 0.0500. The van der Waals surface area contributed by atoms with Crippen LogP contribution in [0.1, 0.15) is 0 Å². The van der Waals surface area contributed by atoms with Gasteiger partial charge in [0.1, 0.15) is 0 Å². The zero-order valence-electron chi connectivity index (χ0n) is 9.95. The van der Waals surface area contributed by atoms with E-state index in [-0.39, 0.29) is 0 Å². The van der Waals surface area contributed by atoms with Gasteiger partial charge in [0.05, 0.1) is 4.83 Å². The van der Waals surface area contributed by atoms with Crippen molar-refractivity contribution >= 4 is 31.9 Å². The number of hydrogen-bond donors (Lipinski definition) is 0. The van der Waals surface area contributed by atoms with E-state index >= 15 is 0 Å². The van der Waals surface area contributed by atoms with E-state index in [9.17, 15) is 57.1 Å². The molecule has 0 N–H and O–H groups in total. The van der Waals surface area contributed by atoms with Crippen LogP contribution in [0.5, 0.6) is 0 Å². The fraction of sp³-hybridized carbons (Fsp3) is 1.00. The molecular weight excluding hydrogens is 503 g/mol. The number of alkyl halides is 15. The van der Waals surface area contributed by atoms with Gasteiger partial charge in [0.25, 0.3) is 0 Å². The molecule has 0 heterocycles. The third-order valence-electron chi connectivity index (χ3n) is 2.49. The van der Waals surface area contributed by atoms with Crippen molar-refractivity contribution in [1.29, 1.82) is 0 Å². The molecule has 0 aromatic heterocycles. The fourth-order valence-corrected chi connectivity index (χ4v) is 1.77. The Morgan fingerprint density at radius 2 is 0.870 bits per heavy atom. The Kier molecular flexibility index (Phi) is 6.10. The van der Waals surface area contributed by atoms with Crippen molar-refractivity contribution in [3.63, 3.8) is 0 Å². The third kappa shape index (κ3) is 3.15. The second kappa shape index (κ2) is 6.09. The van der Waals surface area contributed by atoms with Crippen LogP contribution in [0.3, 0.4) is 0 Å². The van der Waals surface area contributed by atoms with E-state index in [0.717, 1.165) is 0 Å². The summed E-state index contributed by atoms with van der Waals surface area (Å²) in [7, 11) is 0. The van der Waals surface area contributed by atoms with Crippen LogP contribution in [0, 0.1) is 0 Å². The van der Waals surface area contributed by atoms with Gasteiger partial charge in [0.15, 0.2) is 0 Å². The Balaban J connectivity index is 6.25. The highest BCUT2D eigenvalue weighted by Crippen LogP contribution is 2.61. The zero-order valence-corrected chi connectivity index (χ0v) is 13.1. The molecule has 0 radical (unpaired) electrons. The topological polar surface area (TPSA) is 0 Å². The Morgan fingerprint density at radius 3 is 1.13 bits per heavy atom. The molecule has 0 spiro atoms. The van der Waals surface area contributed by atoms with E-state index in [0.29, 0.717) is 0 Å². The molecule has 0 aliphatic heterocycles. The second-order valence-electron chi connectivity index (χ2n) is 4.04. The predicted molar refractivity (Wildman–Crippen MR) is 57.3 cm³/mol. The van der Waals surface area contributed by atoms with Gasteiger partial charge in [-0.2, -0.15) is 57.1 Å². The minimum absolute atomic E-state index is 1.24. The molecule has 0 aliphatic rings. The van der Waals surface area contributed by atoms with Gasteiger partial charge in [-0.1, -0.05) is 31.9 Å². The van der Waals surface area contributed by atoms with Crippen LogP contribution in [0.25, 0.3) is 0 Å². The first-order chi connectivity index (χ1) is 9.73. The molecule has 0 bridgehead atoms. The van der Waals surface area contributed by atoms with Gasteiger partial charge in [-0.05, 0) is 0 Å². The van der Waals surface area contributed by atoms with Gasteiger partial charge in [0.2, 0.25) is 0 Å². The first kappa shape index (κ1) is 23.1. The maximum absolute atomic E-state index is 13.1. The first-order valence-corrected chi connectivity index (χ1v) is 6.93. The molecule has 0 saturated carbocycles. The summed E-state index contributed by atoms with van der Waals surface area (Å²) in [6.45, 7) is 0. The van der Waals surface area contributed by atoms with E-state index in [1.54, 1.807) is 15.9 Å². The fourth-order valence-electron chi connectivity index (χ4n) is 1.08. The van der Waals surface area contributed by atoms with E-state index < -0.39 is 45.9 Å². The molecular formula is C8H3Br2F13. The highest BCUT2D eigenvalue weighted by molar-refractivity contribution is 9.12. The van der Waals surface area contributed by atoms with Gasteiger partial charge >= 0.3 is 35.8 Å². The van der Waals surface area contributed by atoms with Crippen molar-refractivity contribution in [3.8, 4) is 0 Å². The summed E-state index contributed by atoms with van der Waals surface area (Å²) in [5.74, 6) is -36.6. The molecule has 0 aromatic rings. The molecule has 23 heavy (non-hydrogen) atoms. The minimum Gasteiger partial charge on any atom is -0.198 e. The Bertz CT molecular complexity index is 426. The van der Waals surface area contributed by atoms with E-state index in [1.807, 2.05) is 0 Å². The summed E-state index contributed by atoms with van der Waals surface area (Å²) in [6.07, 6.45) is -7.39. The highest BCUT2D eigenvalue weighted by atomic mass is 79.9. The lowest BCUT2D eigenvalue weighted by molar-refractivity contribution is -0.439. The molecule has 0 nitrogen and oxygen atoms in total. The molecule has 0 saturated heterocycles. The summed E-state index contributed by atoms with van der Waals surface area (Å²) < 4.78 is 164. The lowest BCUT2D eigenvalue weighted by Gasteiger charge is -2.40. The van der Waals surface area contributed by atoms with Gasteiger partial charge in [0, 0.05) is 5.33 Å². The van der Waals surface area contributed by atoms with Gasteiger partial charge in [-0.25, -0.2) is 0 Å². The van der Waals surface area contributed by atoms with Crippen molar-refractivity contribution in [2.45, 2.75) is 40.6 Å². The van der Waals surface area contributed by atoms with Crippen molar-refractivity contribution in [3.05, 3.63) is 0 Å². The van der Waals surface area contributed by atoms with Crippen molar-refractivity contribution in [2.75, 3.05) is 5.33 Å². The number of hydrogen-bond acceptors (Lipinski definition) is 0. The summed E-state index contributed by atoms with van der Waals surface area (Å²) in [5, 5.41) is -1.24. The van der Waals surface area contributed by atoms with Crippen molar-refractivity contribution in [1.82, 2.24) is 0 Å². The van der Waals surface area contributed by atoms with E-state index in [4.69, 9.17) is 0 Å². The molecule has 1 unspecified atom stereocenters. The summed E-state index contributed by atoms with van der Waals surface area (Å²) in [5.41, 5.74) is 0. The largest absolute Gasteiger partial charge is 0.460 e. The normalized spacial score (nSPS) is 17.3. The quantitative estimate of drug-likeness (QED) is 0.312.